The Morgan fingerprint density at radius 2 is 1.72 bits per heavy atom. The summed E-state index contributed by atoms with van der Waals surface area (Å²) in [4.78, 5) is 14.9. The van der Waals surface area contributed by atoms with Crippen LogP contribution in [0.2, 0.25) is 0 Å². The van der Waals surface area contributed by atoms with E-state index in [2.05, 4.69) is 15.6 Å². The van der Waals surface area contributed by atoms with Crippen LogP contribution in [-0.4, -0.2) is 16.9 Å². The molecule has 25 heavy (non-hydrogen) atoms. The van der Waals surface area contributed by atoms with Crippen molar-refractivity contribution < 1.29 is 4.92 Å². The van der Waals surface area contributed by atoms with Crippen LogP contribution in [0.1, 0.15) is 25.0 Å². The number of non-ortho nitro benzene ring substituents is 1. The summed E-state index contributed by atoms with van der Waals surface area (Å²) in [6, 6.07) is 16.8. The highest BCUT2D eigenvalue weighted by Gasteiger charge is 2.05. The topological polar surface area (TPSA) is 79.6 Å². The quantitative estimate of drug-likeness (QED) is 0.229. The molecule has 0 spiro atoms. The number of halogens is 1. The van der Waals surface area contributed by atoms with E-state index < -0.39 is 4.92 Å². The van der Waals surface area contributed by atoms with E-state index >= 15 is 0 Å². The lowest BCUT2D eigenvalue weighted by molar-refractivity contribution is -0.384. The van der Waals surface area contributed by atoms with Crippen LogP contribution in [-0.2, 0) is 13.1 Å². The minimum absolute atomic E-state index is 0. The van der Waals surface area contributed by atoms with E-state index in [1.807, 2.05) is 44.2 Å². The van der Waals surface area contributed by atoms with E-state index in [0.717, 1.165) is 11.1 Å². The third kappa shape index (κ3) is 7.51. The molecule has 0 aliphatic carbocycles. The summed E-state index contributed by atoms with van der Waals surface area (Å²) in [5.74, 6) is 0.715. The van der Waals surface area contributed by atoms with Crippen molar-refractivity contribution in [3.05, 3.63) is 75.8 Å². The molecule has 0 atom stereocenters. The summed E-state index contributed by atoms with van der Waals surface area (Å²) >= 11 is 0. The van der Waals surface area contributed by atoms with E-state index in [0.29, 0.717) is 19.0 Å². The van der Waals surface area contributed by atoms with Gasteiger partial charge in [-0.25, -0.2) is 4.99 Å². The fourth-order valence-corrected chi connectivity index (χ4v) is 2.10. The maximum Gasteiger partial charge on any atom is 0.269 e. The molecule has 0 aliphatic heterocycles. The highest BCUT2D eigenvalue weighted by molar-refractivity contribution is 14.0. The van der Waals surface area contributed by atoms with E-state index in [4.69, 9.17) is 0 Å². The second kappa shape index (κ2) is 10.7. The lowest BCUT2D eigenvalue weighted by atomic mass is 10.2. The Morgan fingerprint density at radius 3 is 2.28 bits per heavy atom. The summed E-state index contributed by atoms with van der Waals surface area (Å²) in [6.45, 7) is 5.23. The molecule has 0 aromatic heterocycles. The number of nitrogens with one attached hydrogen (secondary N) is 2. The van der Waals surface area contributed by atoms with Gasteiger partial charge in [-0.05, 0) is 25.0 Å². The third-order valence-corrected chi connectivity index (χ3v) is 3.30. The van der Waals surface area contributed by atoms with Crippen LogP contribution >= 0.6 is 24.0 Å². The highest BCUT2D eigenvalue weighted by atomic mass is 127. The second-order valence-electron chi connectivity index (χ2n) is 5.73. The van der Waals surface area contributed by atoms with Crippen LogP contribution in [0, 0.1) is 10.1 Å². The van der Waals surface area contributed by atoms with Gasteiger partial charge in [0.2, 0.25) is 0 Å². The van der Waals surface area contributed by atoms with E-state index in [1.54, 1.807) is 12.1 Å². The average Bonchev–Trinajstić information content (AvgIpc) is 2.58. The van der Waals surface area contributed by atoms with Gasteiger partial charge in [0.05, 0.1) is 11.5 Å². The normalized spacial score (nSPS) is 10.9. The monoisotopic (exact) mass is 454 g/mol. The molecule has 6 nitrogen and oxygen atoms in total. The van der Waals surface area contributed by atoms with Crippen molar-refractivity contribution in [1.29, 1.82) is 0 Å². The van der Waals surface area contributed by atoms with Gasteiger partial charge in [0.1, 0.15) is 0 Å². The first kappa shape index (κ1) is 20.9. The van der Waals surface area contributed by atoms with E-state index in [9.17, 15) is 10.1 Å². The zero-order valence-electron chi connectivity index (χ0n) is 14.3. The molecular weight excluding hydrogens is 431 g/mol. The Labute approximate surface area is 164 Å². The lowest BCUT2D eigenvalue weighted by Gasteiger charge is -2.15. The smallest absolute Gasteiger partial charge is 0.269 e. The number of rotatable bonds is 6. The predicted octanol–water partition coefficient (Wildman–Crippen LogP) is 3.86. The van der Waals surface area contributed by atoms with Crippen LogP contribution in [0.25, 0.3) is 0 Å². The molecule has 2 aromatic carbocycles. The Morgan fingerprint density at radius 1 is 1.08 bits per heavy atom. The van der Waals surface area contributed by atoms with Gasteiger partial charge >= 0.3 is 0 Å². The molecule has 0 saturated carbocycles. The Hall–Kier alpha value is -2.16. The minimum Gasteiger partial charge on any atom is -0.354 e. The van der Waals surface area contributed by atoms with Crippen LogP contribution in [0.5, 0.6) is 0 Å². The molecule has 7 heteroatoms. The Kier molecular flexibility index (Phi) is 8.90. The number of benzene rings is 2. The van der Waals surface area contributed by atoms with Crippen LogP contribution in [0.3, 0.4) is 0 Å². The van der Waals surface area contributed by atoms with Crippen molar-refractivity contribution in [2.75, 3.05) is 0 Å². The summed E-state index contributed by atoms with van der Waals surface area (Å²) in [6.07, 6.45) is 0. The first-order chi connectivity index (χ1) is 11.5. The third-order valence-electron chi connectivity index (χ3n) is 3.30. The molecule has 134 valence electrons. The van der Waals surface area contributed by atoms with Gasteiger partial charge < -0.3 is 10.6 Å². The average molecular weight is 454 g/mol. The van der Waals surface area contributed by atoms with Crippen LogP contribution in [0.4, 0.5) is 5.69 Å². The summed E-state index contributed by atoms with van der Waals surface area (Å²) in [7, 11) is 0. The Balaban J connectivity index is 0.00000312. The van der Waals surface area contributed by atoms with Gasteiger partial charge in [-0.1, -0.05) is 42.5 Å². The summed E-state index contributed by atoms with van der Waals surface area (Å²) in [5, 5.41) is 17.2. The summed E-state index contributed by atoms with van der Waals surface area (Å²) < 4.78 is 0. The van der Waals surface area contributed by atoms with Crippen LogP contribution < -0.4 is 10.6 Å². The lowest BCUT2D eigenvalue weighted by Crippen LogP contribution is -2.40. The maximum atomic E-state index is 10.7. The van der Waals surface area contributed by atoms with Gasteiger partial charge in [0.15, 0.2) is 5.96 Å². The predicted molar refractivity (Wildman–Crippen MR) is 111 cm³/mol. The summed E-state index contributed by atoms with van der Waals surface area (Å²) in [5.41, 5.74) is 2.19. The molecule has 0 aliphatic rings. The van der Waals surface area contributed by atoms with E-state index in [1.165, 1.54) is 12.1 Å². The van der Waals surface area contributed by atoms with Crippen LogP contribution in [0.15, 0.2) is 59.6 Å². The van der Waals surface area contributed by atoms with Gasteiger partial charge in [-0.3, -0.25) is 10.1 Å². The molecule has 0 radical (unpaired) electrons. The molecule has 0 unspecified atom stereocenters. The van der Waals surface area contributed by atoms with Gasteiger partial charge in [0.25, 0.3) is 5.69 Å². The SMILES string of the molecule is CC(C)NC(=NCc1ccccc1)NCc1ccc([N+](=O)[O-])cc1.I. The highest BCUT2D eigenvalue weighted by Crippen LogP contribution is 2.11. The van der Waals surface area contributed by atoms with Gasteiger partial charge in [-0.2, -0.15) is 0 Å². The number of nitro groups is 1. The molecule has 2 aromatic rings. The van der Waals surface area contributed by atoms with Crippen molar-refractivity contribution >= 4 is 35.6 Å². The number of hydrogen-bond acceptors (Lipinski definition) is 3. The number of aliphatic imine (C=N–C) groups is 1. The number of nitrogens with zero attached hydrogens (tertiary/aromatic N) is 2. The fourth-order valence-electron chi connectivity index (χ4n) is 2.10. The van der Waals surface area contributed by atoms with Gasteiger partial charge in [-0.15, -0.1) is 24.0 Å². The molecule has 0 fully saturated rings. The van der Waals surface area contributed by atoms with Crippen molar-refractivity contribution in [3.8, 4) is 0 Å². The number of nitro benzene ring substituents is 1. The molecule has 2 rings (SSSR count). The first-order valence-corrected chi connectivity index (χ1v) is 7.86. The maximum absolute atomic E-state index is 10.7. The van der Waals surface area contributed by atoms with Crippen molar-refractivity contribution in [2.24, 2.45) is 4.99 Å². The van der Waals surface area contributed by atoms with Crippen molar-refractivity contribution in [2.45, 2.75) is 33.0 Å². The largest absolute Gasteiger partial charge is 0.354 e. The Bertz CT molecular complexity index is 688. The molecular formula is C18H23IN4O2. The fraction of sp³-hybridized carbons (Fsp3) is 0.278. The number of guanidine groups is 1. The molecule has 2 N–H and O–H groups in total. The zero-order valence-corrected chi connectivity index (χ0v) is 16.6. The molecule has 0 bridgehead atoms. The second-order valence-corrected chi connectivity index (χ2v) is 5.73. The molecule has 0 amide bonds. The van der Waals surface area contributed by atoms with Crippen molar-refractivity contribution in [3.63, 3.8) is 0 Å². The first-order valence-electron chi connectivity index (χ1n) is 7.86. The van der Waals surface area contributed by atoms with E-state index in [-0.39, 0.29) is 35.7 Å². The van der Waals surface area contributed by atoms with Gasteiger partial charge in [0, 0.05) is 24.7 Å². The minimum atomic E-state index is -0.399. The zero-order chi connectivity index (χ0) is 17.4. The molecule has 0 saturated heterocycles. The standard InChI is InChI=1S/C18H22N4O2.HI/c1-14(2)21-18(19-12-15-6-4-3-5-7-15)20-13-16-8-10-17(11-9-16)22(23)24;/h3-11,14H,12-13H2,1-2H3,(H2,19,20,21);1H. The molecule has 0 heterocycles. The number of hydrogen-bond donors (Lipinski definition) is 2. The van der Waals surface area contributed by atoms with Crippen molar-refractivity contribution in [1.82, 2.24) is 10.6 Å².